The fraction of sp³-hybridized carbons (Fsp3) is 0.167. The van der Waals surface area contributed by atoms with Gasteiger partial charge in [0.1, 0.15) is 11.5 Å². The van der Waals surface area contributed by atoms with Crippen LogP contribution >= 0.6 is 0 Å². The number of hydrogen-bond donors (Lipinski definition) is 1. The molecule has 1 aromatic heterocycles. The molecule has 0 saturated heterocycles. The maximum Gasteiger partial charge on any atom is 0.269 e. The molecule has 0 atom stereocenters. The molecule has 0 radical (unpaired) electrons. The number of nitrogens with zero attached hydrogens (tertiary/aromatic N) is 2. The van der Waals surface area contributed by atoms with Crippen LogP contribution in [0.1, 0.15) is 21.6 Å². The largest absolute Gasteiger partial charge is 0.364 e. The van der Waals surface area contributed by atoms with Gasteiger partial charge in [-0.15, -0.1) is 0 Å². The fourth-order valence-electron chi connectivity index (χ4n) is 1.50. The lowest BCUT2D eigenvalue weighted by Crippen LogP contribution is -2.12. The van der Waals surface area contributed by atoms with Crippen molar-refractivity contribution in [3.8, 4) is 0 Å². The predicted octanol–water partition coefficient (Wildman–Crippen LogP) is 1.48. The molecule has 4 nitrogen and oxygen atoms in total. The maximum atomic E-state index is 13.3. The van der Waals surface area contributed by atoms with Crippen molar-refractivity contribution in [2.75, 3.05) is 0 Å². The van der Waals surface area contributed by atoms with E-state index in [0.717, 1.165) is 5.56 Å². The van der Waals surface area contributed by atoms with Gasteiger partial charge in [-0.25, -0.2) is 4.39 Å². The molecule has 0 saturated carbocycles. The first kappa shape index (κ1) is 11.3. The standard InChI is InChI=1S/C12H12FN3O/c1-8-2-3-9(6-10(8)13)7-16-5-4-11(15-16)12(14)17/h2-6H,7H2,1H3,(H2,14,17). The minimum absolute atomic E-state index is 0.206. The zero-order chi connectivity index (χ0) is 12.4. The van der Waals surface area contributed by atoms with Gasteiger partial charge in [-0.3, -0.25) is 9.48 Å². The number of halogens is 1. The van der Waals surface area contributed by atoms with E-state index in [4.69, 9.17) is 5.73 Å². The number of carbonyl (C=O) groups excluding carboxylic acids is 1. The highest BCUT2D eigenvalue weighted by atomic mass is 19.1. The van der Waals surface area contributed by atoms with E-state index >= 15 is 0 Å². The molecule has 2 rings (SSSR count). The Labute approximate surface area is 97.9 Å². The molecule has 5 heteroatoms. The number of aromatic nitrogens is 2. The highest BCUT2D eigenvalue weighted by Gasteiger charge is 2.05. The molecule has 1 aromatic carbocycles. The van der Waals surface area contributed by atoms with Gasteiger partial charge in [0.15, 0.2) is 0 Å². The van der Waals surface area contributed by atoms with E-state index in [1.807, 2.05) is 6.07 Å². The quantitative estimate of drug-likeness (QED) is 0.872. The molecule has 1 heterocycles. The molecular weight excluding hydrogens is 221 g/mol. The van der Waals surface area contributed by atoms with E-state index < -0.39 is 5.91 Å². The number of carbonyl (C=O) groups is 1. The summed E-state index contributed by atoms with van der Waals surface area (Å²) < 4.78 is 14.9. The third-order valence-corrected chi connectivity index (χ3v) is 2.47. The number of nitrogens with two attached hydrogens (primary N) is 1. The first-order valence-electron chi connectivity index (χ1n) is 5.14. The number of hydrogen-bond acceptors (Lipinski definition) is 2. The van der Waals surface area contributed by atoms with Gasteiger partial charge >= 0.3 is 0 Å². The summed E-state index contributed by atoms with van der Waals surface area (Å²) in [5.74, 6) is -0.816. The Hall–Kier alpha value is -2.17. The minimum Gasteiger partial charge on any atom is -0.364 e. The summed E-state index contributed by atoms with van der Waals surface area (Å²) in [7, 11) is 0. The van der Waals surface area contributed by atoms with Gasteiger partial charge in [0.25, 0.3) is 5.91 Å². The Kier molecular flexibility index (Phi) is 2.91. The van der Waals surface area contributed by atoms with Crippen molar-refractivity contribution in [1.29, 1.82) is 0 Å². The van der Waals surface area contributed by atoms with Gasteiger partial charge in [-0.2, -0.15) is 5.10 Å². The van der Waals surface area contributed by atoms with E-state index in [-0.39, 0.29) is 11.5 Å². The van der Waals surface area contributed by atoms with Crippen LogP contribution < -0.4 is 5.73 Å². The van der Waals surface area contributed by atoms with Crippen molar-refractivity contribution in [3.05, 3.63) is 53.1 Å². The first-order chi connectivity index (χ1) is 8.06. The topological polar surface area (TPSA) is 60.9 Å². The van der Waals surface area contributed by atoms with Crippen molar-refractivity contribution in [2.24, 2.45) is 5.73 Å². The average Bonchev–Trinajstić information content (AvgIpc) is 2.72. The lowest BCUT2D eigenvalue weighted by molar-refractivity contribution is 0.0995. The van der Waals surface area contributed by atoms with E-state index in [1.165, 1.54) is 12.1 Å². The molecule has 0 spiro atoms. The summed E-state index contributed by atoms with van der Waals surface area (Å²) in [6.07, 6.45) is 1.64. The number of benzene rings is 1. The van der Waals surface area contributed by atoms with Crippen LogP contribution in [0.15, 0.2) is 30.5 Å². The summed E-state index contributed by atoms with van der Waals surface area (Å²) in [5, 5.41) is 3.98. The summed E-state index contributed by atoms with van der Waals surface area (Å²) in [6.45, 7) is 2.11. The van der Waals surface area contributed by atoms with Crippen LogP contribution in [0.3, 0.4) is 0 Å². The van der Waals surface area contributed by atoms with Crippen molar-refractivity contribution in [1.82, 2.24) is 9.78 Å². The van der Waals surface area contributed by atoms with Crippen LogP contribution in [0.4, 0.5) is 4.39 Å². The minimum atomic E-state index is -0.571. The van der Waals surface area contributed by atoms with Crippen LogP contribution in [0.25, 0.3) is 0 Å². The van der Waals surface area contributed by atoms with Crippen LogP contribution in [0, 0.1) is 12.7 Å². The maximum absolute atomic E-state index is 13.3. The third-order valence-electron chi connectivity index (χ3n) is 2.47. The third kappa shape index (κ3) is 2.50. The van der Waals surface area contributed by atoms with Gasteiger partial charge in [0.2, 0.25) is 0 Å². The molecule has 0 unspecified atom stereocenters. The highest BCUT2D eigenvalue weighted by Crippen LogP contribution is 2.10. The first-order valence-corrected chi connectivity index (χ1v) is 5.14. The van der Waals surface area contributed by atoms with Gasteiger partial charge < -0.3 is 5.73 Å². The second-order valence-electron chi connectivity index (χ2n) is 3.85. The monoisotopic (exact) mass is 233 g/mol. The van der Waals surface area contributed by atoms with Crippen LogP contribution in [-0.2, 0) is 6.54 Å². The summed E-state index contributed by atoms with van der Waals surface area (Å²) in [5.41, 5.74) is 6.68. The Bertz CT molecular complexity index is 563. The molecule has 0 aliphatic heterocycles. The molecule has 2 N–H and O–H groups in total. The number of amides is 1. The lowest BCUT2D eigenvalue weighted by Gasteiger charge is -2.03. The summed E-state index contributed by atoms with van der Waals surface area (Å²) in [4.78, 5) is 10.9. The zero-order valence-electron chi connectivity index (χ0n) is 9.35. The van der Waals surface area contributed by atoms with Crippen LogP contribution in [0.2, 0.25) is 0 Å². The molecule has 2 aromatic rings. The Morgan fingerprint density at radius 2 is 2.24 bits per heavy atom. The van der Waals surface area contributed by atoms with E-state index in [2.05, 4.69) is 5.10 Å². The molecule has 0 aliphatic carbocycles. The zero-order valence-corrected chi connectivity index (χ0v) is 9.35. The smallest absolute Gasteiger partial charge is 0.269 e. The second-order valence-corrected chi connectivity index (χ2v) is 3.85. The predicted molar refractivity (Wildman–Crippen MR) is 61.0 cm³/mol. The van der Waals surface area contributed by atoms with Crippen molar-refractivity contribution in [3.63, 3.8) is 0 Å². The van der Waals surface area contributed by atoms with Gasteiger partial charge in [-0.1, -0.05) is 12.1 Å². The molecule has 0 aliphatic rings. The summed E-state index contributed by atoms with van der Waals surface area (Å²) >= 11 is 0. The van der Waals surface area contributed by atoms with Crippen molar-refractivity contribution >= 4 is 5.91 Å². The Morgan fingerprint density at radius 1 is 1.47 bits per heavy atom. The fourth-order valence-corrected chi connectivity index (χ4v) is 1.50. The van der Waals surface area contributed by atoms with Crippen molar-refractivity contribution in [2.45, 2.75) is 13.5 Å². The normalized spacial score (nSPS) is 10.5. The van der Waals surface area contributed by atoms with Gasteiger partial charge in [-0.05, 0) is 30.2 Å². The van der Waals surface area contributed by atoms with Crippen LogP contribution in [0.5, 0.6) is 0 Å². The molecule has 17 heavy (non-hydrogen) atoms. The van der Waals surface area contributed by atoms with Crippen LogP contribution in [-0.4, -0.2) is 15.7 Å². The Morgan fingerprint density at radius 3 is 2.82 bits per heavy atom. The van der Waals surface area contributed by atoms with E-state index in [0.29, 0.717) is 12.1 Å². The highest BCUT2D eigenvalue weighted by molar-refractivity contribution is 5.90. The molecule has 0 bridgehead atoms. The van der Waals surface area contributed by atoms with E-state index in [1.54, 1.807) is 23.9 Å². The van der Waals surface area contributed by atoms with Crippen molar-refractivity contribution < 1.29 is 9.18 Å². The molecule has 0 fully saturated rings. The Balaban J connectivity index is 2.19. The summed E-state index contributed by atoms with van der Waals surface area (Å²) in [6, 6.07) is 6.53. The second kappa shape index (κ2) is 4.37. The van der Waals surface area contributed by atoms with Gasteiger partial charge in [0, 0.05) is 6.20 Å². The SMILES string of the molecule is Cc1ccc(Cn2ccc(C(N)=O)n2)cc1F. The molecule has 88 valence electrons. The van der Waals surface area contributed by atoms with Gasteiger partial charge in [0.05, 0.1) is 6.54 Å². The van der Waals surface area contributed by atoms with E-state index in [9.17, 15) is 9.18 Å². The number of aryl methyl sites for hydroxylation is 1. The number of rotatable bonds is 3. The lowest BCUT2D eigenvalue weighted by atomic mass is 10.1. The number of primary amides is 1. The average molecular weight is 233 g/mol. The molecular formula is C12H12FN3O. The molecule has 1 amide bonds.